The van der Waals surface area contributed by atoms with Crippen LogP contribution in [0.25, 0.3) is 0 Å². The van der Waals surface area contributed by atoms with Crippen molar-refractivity contribution in [3.8, 4) is 11.8 Å². The number of halogens is 1. The summed E-state index contributed by atoms with van der Waals surface area (Å²) in [7, 11) is 0. The van der Waals surface area contributed by atoms with E-state index >= 15 is 0 Å². The van der Waals surface area contributed by atoms with Gasteiger partial charge in [0.2, 0.25) is 17.5 Å². The summed E-state index contributed by atoms with van der Waals surface area (Å²) in [6.45, 7) is 2.67. The third kappa shape index (κ3) is 3.18. The Kier molecular flexibility index (Phi) is 4.26. The minimum absolute atomic E-state index is 0.115. The molecule has 0 atom stereocenters. The van der Waals surface area contributed by atoms with Crippen LogP contribution >= 0.6 is 11.6 Å². The molecule has 0 fully saturated rings. The molecule has 0 amide bonds. The minimum atomic E-state index is 0.115. The molecule has 0 aliphatic heterocycles. The Morgan fingerprint density at radius 1 is 1.47 bits per heavy atom. The quantitative estimate of drug-likeness (QED) is 0.908. The molecule has 1 aromatic carbocycles. The van der Waals surface area contributed by atoms with E-state index in [1.165, 1.54) is 0 Å². The van der Waals surface area contributed by atoms with E-state index in [4.69, 9.17) is 26.0 Å². The molecule has 0 saturated carbocycles. The van der Waals surface area contributed by atoms with E-state index in [0.717, 1.165) is 0 Å². The number of ether oxygens (including phenoxy) is 1. The lowest BCUT2D eigenvalue weighted by Gasteiger charge is -2.04. The van der Waals surface area contributed by atoms with Crippen LogP contribution in [-0.4, -0.2) is 11.5 Å². The second-order valence-electron chi connectivity index (χ2n) is 3.65. The van der Waals surface area contributed by atoms with Gasteiger partial charge in [-0.05, 0) is 19.1 Å². The molecule has 0 spiro atoms. The molecule has 0 radical (unpaired) electrons. The van der Waals surface area contributed by atoms with Gasteiger partial charge in [0.25, 0.3) is 0 Å². The highest BCUT2D eigenvalue weighted by molar-refractivity contribution is 6.32. The number of nitriles is 1. The highest BCUT2D eigenvalue weighted by Crippen LogP contribution is 2.24. The van der Waals surface area contributed by atoms with Gasteiger partial charge >= 0.3 is 0 Å². The maximum absolute atomic E-state index is 8.91. The molecule has 98 valence electrons. The van der Waals surface area contributed by atoms with Gasteiger partial charge in [-0.25, -0.2) is 0 Å². The van der Waals surface area contributed by atoms with Crippen LogP contribution < -0.4 is 10.1 Å². The first-order valence-corrected chi connectivity index (χ1v) is 6.13. The Balaban J connectivity index is 2.08. The number of nitrogens with one attached hydrogen (secondary N) is 1. The first-order chi connectivity index (χ1) is 9.24. The number of rotatable bonds is 5. The standard InChI is InChI=1S/C13H12ClN3O2/c1-2-16-13-10(7-15)17-12(19-13)8-18-11-6-4-3-5-9(11)14/h3-6,16H,2,8H2,1H3. The zero-order chi connectivity index (χ0) is 13.7. The third-order valence-electron chi connectivity index (χ3n) is 2.30. The summed E-state index contributed by atoms with van der Waals surface area (Å²) in [6, 6.07) is 9.08. The first-order valence-electron chi connectivity index (χ1n) is 5.75. The third-order valence-corrected chi connectivity index (χ3v) is 2.61. The summed E-state index contributed by atoms with van der Waals surface area (Å²) < 4.78 is 10.9. The molecule has 19 heavy (non-hydrogen) atoms. The normalized spacial score (nSPS) is 9.95. The van der Waals surface area contributed by atoms with Crippen LogP contribution in [0.1, 0.15) is 18.5 Å². The molecule has 0 aliphatic carbocycles. The zero-order valence-corrected chi connectivity index (χ0v) is 11.1. The molecule has 0 saturated heterocycles. The molecule has 1 N–H and O–H groups in total. The van der Waals surface area contributed by atoms with Crippen molar-refractivity contribution in [3.05, 3.63) is 40.9 Å². The van der Waals surface area contributed by atoms with Crippen molar-refractivity contribution in [2.45, 2.75) is 13.5 Å². The van der Waals surface area contributed by atoms with Gasteiger partial charge in [0.05, 0.1) is 5.02 Å². The number of para-hydroxylation sites is 1. The molecular weight excluding hydrogens is 266 g/mol. The molecule has 0 bridgehead atoms. The highest BCUT2D eigenvalue weighted by Gasteiger charge is 2.12. The number of benzene rings is 1. The molecule has 2 aromatic rings. The number of hydrogen-bond donors (Lipinski definition) is 1. The fourth-order valence-electron chi connectivity index (χ4n) is 1.48. The highest BCUT2D eigenvalue weighted by atomic mass is 35.5. The van der Waals surface area contributed by atoms with Crippen LogP contribution in [-0.2, 0) is 6.61 Å². The summed E-state index contributed by atoms with van der Waals surface area (Å²) in [5.74, 6) is 1.24. The lowest BCUT2D eigenvalue weighted by atomic mass is 10.3. The maximum Gasteiger partial charge on any atom is 0.236 e. The van der Waals surface area contributed by atoms with Gasteiger partial charge < -0.3 is 14.5 Å². The first kappa shape index (κ1) is 13.2. The fourth-order valence-corrected chi connectivity index (χ4v) is 1.67. The van der Waals surface area contributed by atoms with Crippen LogP contribution in [0.5, 0.6) is 5.75 Å². The molecule has 6 heteroatoms. The summed E-state index contributed by atoms with van der Waals surface area (Å²) in [6.07, 6.45) is 0. The molecule has 2 rings (SSSR count). The summed E-state index contributed by atoms with van der Waals surface area (Å²) in [5, 5.41) is 12.4. The monoisotopic (exact) mass is 277 g/mol. The Morgan fingerprint density at radius 2 is 2.26 bits per heavy atom. The van der Waals surface area contributed by atoms with E-state index in [0.29, 0.717) is 29.1 Å². The van der Waals surface area contributed by atoms with E-state index in [-0.39, 0.29) is 12.3 Å². The lowest BCUT2D eigenvalue weighted by molar-refractivity contribution is 0.265. The van der Waals surface area contributed by atoms with Crippen LogP contribution in [0, 0.1) is 11.3 Å². The average Bonchev–Trinajstić information content (AvgIpc) is 2.81. The largest absolute Gasteiger partial charge is 0.482 e. The second-order valence-corrected chi connectivity index (χ2v) is 4.05. The van der Waals surface area contributed by atoms with Gasteiger partial charge in [0.15, 0.2) is 6.61 Å². The van der Waals surface area contributed by atoms with Crippen LogP contribution in [0.4, 0.5) is 5.88 Å². The number of hydrogen-bond acceptors (Lipinski definition) is 5. The molecule has 0 unspecified atom stereocenters. The van der Waals surface area contributed by atoms with Crippen LogP contribution in [0.15, 0.2) is 28.7 Å². The van der Waals surface area contributed by atoms with Crippen molar-refractivity contribution in [3.63, 3.8) is 0 Å². The average molecular weight is 278 g/mol. The molecule has 5 nitrogen and oxygen atoms in total. The van der Waals surface area contributed by atoms with Gasteiger partial charge in [0.1, 0.15) is 11.8 Å². The van der Waals surface area contributed by atoms with E-state index in [2.05, 4.69) is 10.3 Å². The predicted molar refractivity (Wildman–Crippen MR) is 71.2 cm³/mol. The van der Waals surface area contributed by atoms with Crippen molar-refractivity contribution >= 4 is 17.5 Å². The Hall–Kier alpha value is -2.19. The number of anilines is 1. The molecule has 0 aliphatic rings. The SMILES string of the molecule is CCNc1oc(COc2ccccc2Cl)nc1C#N. The Bertz CT molecular complexity index is 604. The smallest absolute Gasteiger partial charge is 0.236 e. The Morgan fingerprint density at radius 3 is 2.95 bits per heavy atom. The number of aromatic nitrogens is 1. The van der Waals surface area contributed by atoms with Gasteiger partial charge in [-0.3, -0.25) is 0 Å². The van der Waals surface area contributed by atoms with Gasteiger partial charge in [-0.15, -0.1) is 0 Å². The minimum Gasteiger partial charge on any atom is -0.482 e. The van der Waals surface area contributed by atoms with E-state index < -0.39 is 0 Å². The second kappa shape index (κ2) is 6.12. The summed E-state index contributed by atoms with van der Waals surface area (Å²) in [4.78, 5) is 4.03. The summed E-state index contributed by atoms with van der Waals surface area (Å²) >= 11 is 5.96. The van der Waals surface area contributed by atoms with E-state index in [9.17, 15) is 0 Å². The van der Waals surface area contributed by atoms with Crippen LogP contribution in [0.2, 0.25) is 5.02 Å². The predicted octanol–water partition coefficient (Wildman–Crippen LogP) is 3.21. The van der Waals surface area contributed by atoms with Gasteiger partial charge in [-0.1, -0.05) is 23.7 Å². The fraction of sp³-hybridized carbons (Fsp3) is 0.231. The summed E-state index contributed by atoms with van der Waals surface area (Å²) in [5.41, 5.74) is 0.222. The number of nitrogens with zero attached hydrogens (tertiary/aromatic N) is 2. The van der Waals surface area contributed by atoms with Crippen molar-refractivity contribution in [1.82, 2.24) is 4.98 Å². The molecular formula is C13H12ClN3O2. The van der Waals surface area contributed by atoms with Crippen molar-refractivity contribution in [2.75, 3.05) is 11.9 Å². The maximum atomic E-state index is 8.91. The van der Waals surface area contributed by atoms with Gasteiger partial charge in [0, 0.05) is 6.54 Å². The van der Waals surface area contributed by atoms with Crippen molar-refractivity contribution in [1.29, 1.82) is 5.26 Å². The van der Waals surface area contributed by atoms with Gasteiger partial charge in [-0.2, -0.15) is 10.2 Å². The van der Waals surface area contributed by atoms with Crippen molar-refractivity contribution < 1.29 is 9.15 Å². The molecule has 1 heterocycles. The van der Waals surface area contributed by atoms with Crippen molar-refractivity contribution in [2.24, 2.45) is 0 Å². The van der Waals surface area contributed by atoms with E-state index in [1.54, 1.807) is 12.1 Å². The molecule has 1 aromatic heterocycles. The lowest BCUT2D eigenvalue weighted by Crippen LogP contribution is -1.96. The van der Waals surface area contributed by atoms with E-state index in [1.807, 2.05) is 25.1 Å². The zero-order valence-electron chi connectivity index (χ0n) is 10.3. The number of oxazole rings is 1. The van der Waals surface area contributed by atoms with Crippen LogP contribution in [0.3, 0.4) is 0 Å². The Labute approximate surface area is 115 Å². The topological polar surface area (TPSA) is 71.1 Å².